The first-order valence-corrected chi connectivity index (χ1v) is 9.52. The molecule has 13 heavy (non-hydrogen) atoms. The number of unbranched alkanes of at least 4 members (excludes halogenated alkanes) is 1. The molecule has 0 aromatic carbocycles. The van der Waals surface area contributed by atoms with Crippen molar-refractivity contribution in [3.05, 3.63) is 0 Å². The minimum atomic E-state index is -1.36. The Kier molecular flexibility index (Phi) is 4.36. The summed E-state index contributed by atoms with van der Waals surface area (Å²) < 4.78 is 0. The van der Waals surface area contributed by atoms with E-state index >= 15 is 0 Å². The van der Waals surface area contributed by atoms with Crippen LogP contribution in [-0.2, 0) is 0 Å². The van der Waals surface area contributed by atoms with E-state index in [0.717, 1.165) is 11.2 Å². The minimum Gasteiger partial charge on any atom is -0.288 e. The van der Waals surface area contributed by atoms with Gasteiger partial charge in [0.05, 0.1) is 0 Å². The van der Waals surface area contributed by atoms with Gasteiger partial charge in [0.15, 0.2) is 0 Å². The molecule has 0 heterocycles. The van der Waals surface area contributed by atoms with Crippen molar-refractivity contribution >= 4 is 9.16 Å². The largest absolute Gasteiger partial charge is 0.288 e. The molecule has 0 rings (SSSR count). The van der Waals surface area contributed by atoms with Gasteiger partial charge in [0.25, 0.3) is 0 Å². The lowest BCUT2D eigenvalue weighted by Gasteiger charge is -2.58. The number of rotatable bonds is 5. The summed E-state index contributed by atoms with van der Waals surface area (Å²) >= 11 is 0. The Morgan fingerprint density at radius 3 is 1.77 bits per heavy atom. The van der Waals surface area contributed by atoms with Gasteiger partial charge in [-0.25, -0.2) is 0 Å². The molecular formula is C12H30S. The van der Waals surface area contributed by atoms with Crippen LogP contribution in [0.4, 0.5) is 0 Å². The summed E-state index contributed by atoms with van der Waals surface area (Å²) in [4.78, 5) is 0. The van der Waals surface area contributed by atoms with E-state index in [1.807, 2.05) is 0 Å². The molecule has 0 amide bonds. The standard InChI is InChI=1S/C12H30S/c1-8-9-10-13(5,6,7)12(4)11(2)3/h11-13H,8-10H2,1-7H3. The van der Waals surface area contributed by atoms with Gasteiger partial charge in [-0.1, -0.05) is 34.1 Å². The summed E-state index contributed by atoms with van der Waals surface area (Å²) in [5, 5.41) is 0.914. The summed E-state index contributed by atoms with van der Waals surface area (Å²) in [6, 6.07) is 0. The second kappa shape index (κ2) is 4.25. The lowest BCUT2D eigenvalue weighted by molar-refractivity contribution is 0.630. The first-order valence-electron chi connectivity index (χ1n) is 5.69. The molecular weight excluding hydrogens is 176 g/mol. The summed E-state index contributed by atoms with van der Waals surface area (Å²) in [6.45, 7) is 9.49. The van der Waals surface area contributed by atoms with Crippen LogP contribution in [0.3, 0.4) is 0 Å². The number of hydrogen-bond acceptors (Lipinski definition) is 0. The van der Waals surface area contributed by atoms with Crippen LogP contribution in [0.5, 0.6) is 0 Å². The zero-order valence-corrected chi connectivity index (χ0v) is 11.6. The summed E-state index contributed by atoms with van der Waals surface area (Å²) in [6.07, 6.45) is 10.4. The predicted molar refractivity (Wildman–Crippen MR) is 70.8 cm³/mol. The summed E-state index contributed by atoms with van der Waals surface area (Å²) in [7, 11) is -1.36. The summed E-state index contributed by atoms with van der Waals surface area (Å²) in [5.41, 5.74) is 0. The van der Waals surface area contributed by atoms with Crippen LogP contribution in [-0.4, -0.2) is 29.8 Å². The molecule has 0 radical (unpaired) electrons. The molecule has 0 bridgehead atoms. The molecule has 0 aliphatic carbocycles. The van der Waals surface area contributed by atoms with Gasteiger partial charge in [-0.05, 0) is 42.1 Å². The quantitative estimate of drug-likeness (QED) is 0.650. The zero-order chi connectivity index (χ0) is 10.7. The van der Waals surface area contributed by atoms with Crippen LogP contribution in [0.15, 0.2) is 0 Å². The average Bonchev–Trinajstić information content (AvgIpc) is 1.99. The smallest absolute Gasteiger partial charge is 0.0250 e. The second-order valence-corrected chi connectivity index (χ2v) is 14.1. The van der Waals surface area contributed by atoms with E-state index in [2.05, 4.69) is 46.5 Å². The second-order valence-electron chi connectivity index (χ2n) is 6.31. The molecule has 1 atom stereocenters. The molecule has 1 heteroatoms. The molecule has 0 nitrogen and oxygen atoms in total. The van der Waals surface area contributed by atoms with Crippen molar-refractivity contribution in [1.29, 1.82) is 0 Å². The first-order chi connectivity index (χ1) is 5.69. The van der Waals surface area contributed by atoms with Crippen molar-refractivity contribution in [1.82, 2.24) is 0 Å². The maximum absolute atomic E-state index is 2.56. The molecule has 0 aromatic heterocycles. The maximum atomic E-state index is 2.56. The van der Waals surface area contributed by atoms with Gasteiger partial charge in [0, 0.05) is 0 Å². The Labute approximate surface area is 85.8 Å². The Bertz CT molecular complexity index is 150. The van der Waals surface area contributed by atoms with Crippen LogP contribution >= 0.6 is 9.16 Å². The lowest BCUT2D eigenvalue weighted by Crippen LogP contribution is -2.33. The maximum Gasteiger partial charge on any atom is -0.0250 e. The van der Waals surface area contributed by atoms with E-state index in [-0.39, 0.29) is 0 Å². The highest BCUT2D eigenvalue weighted by molar-refractivity contribution is 8.48. The summed E-state index contributed by atoms with van der Waals surface area (Å²) in [5.74, 6) is 2.32. The van der Waals surface area contributed by atoms with Crippen LogP contribution < -0.4 is 0 Å². The molecule has 0 aliphatic rings. The van der Waals surface area contributed by atoms with E-state index in [0.29, 0.717) is 0 Å². The molecule has 1 unspecified atom stereocenters. The Hall–Kier alpha value is 0.350. The van der Waals surface area contributed by atoms with Crippen molar-refractivity contribution < 1.29 is 0 Å². The monoisotopic (exact) mass is 206 g/mol. The van der Waals surface area contributed by atoms with Gasteiger partial charge in [0.2, 0.25) is 0 Å². The SMILES string of the molecule is CCCC[SH](C)(C)(C)C(C)C(C)C. The van der Waals surface area contributed by atoms with E-state index in [4.69, 9.17) is 0 Å². The highest BCUT2D eigenvalue weighted by Gasteiger charge is 2.33. The van der Waals surface area contributed by atoms with Crippen LogP contribution in [0.1, 0.15) is 40.5 Å². The van der Waals surface area contributed by atoms with Gasteiger partial charge < -0.3 is 0 Å². The molecule has 0 aliphatic heterocycles. The van der Waals surface area contributed by atoms with Gasteiger partial charge in [-0.3, -0.25) is 9.16 Å². The predicted octanol–water partition coefficient (Wildman–Crippen LogP) is 3.79. The lowest BCUT2D eigenvalue weighted by atomic mass is 10.2. The van der Waals surface area contributed by atoms with Crippen molar-refractivity contribution in [3.63, 3.8) is 0 Å². The van der Waals surface area contributed by atoms with Gasteiger partial charge in [0.1, 0.15) is 0 Å². The zero-order valence-electron chi connectivity index (χ0n) is 10.7. The van der Waals surface area contributed by atoms with Crippen molar-refractivity contribution in [2.75, 3.05) is 24.5 Å². The van der Waals surface area contributed by atoms with Gasteiger partial charge >= 0.3 is 0 Å². The average molecular weight is 206 g/mol. The molecule has 0 aromatic rings. The molecule has 0 saturated carbocycles. The van der Waals surface area contributed by atoms with Gasteiger partial charge in [-0.2, -0.15) is 0 Å². The van der Waals surface area contributed by atoms with Crippen LogP contribution in [0.2, 0.25) is 0 Å². The third-order valence-corrected chi connectivity index (χ3v) is 9.32. The third-order valence-electron chi connectivity index (χ3n) is 3.79. The topological polar surface area (TPSA) is 0 Å². The minimum absolute atomic E-state index is 0.842. The fraction of sp³-hybridized carbons (Fsp3) is 1.00. The van der Waals surface area contributed by atoms with E-state index in [1.165, 1.54) is 18.6 Å². The van der Waals surface area contributed by atoms with Crippen LogP contribution in [0, 0.1) is 5.92 Å². The fourth-order valence-electron chi connectivity index (χ4n) is 2.03. The molecule has 84 valence electrons. The van der Waals surface area contributed by atoms with E-state index in [9.17, 15) is 0 Å². The van der Waals surface area contributed by atoms with E-state index in [1.54, 1.807) is 0 Å². The van der Waals surface area contributed by atoms with Gasteiger partial charge in [-0.15, -0.1) is 0 Å². The van der Waals surface area contributed by atoms with Crippen LogP contribution in [0.25, 0.3) is 0 Å². The first kappa shape index (κ1) is 13.4. The molecule has 0 saturated heterocycles. The van der Waals surface area contributed by atoms with Crippen molar-refractivity contribution in [2.24, 2.45) is 5.92 Å². The number of thiol groups is 1. The fourth-order valence-corrected chi connectivity index (χ4v) is 6.10. The number of hydrogen-bond donors (Lipinski definition) is 1. The highest BCUT2D eigenvalue weighted by Crippen LogP contribution is 2.65. The Morgan fingerprint density at radius 1 is 1.00 bits per heavy atom. The molecule has 0 N–H and O–H groups in total. The Morgan fingerprint density at radius 2 is 1.46 bits per heavy atom. The van der Waals surface area contributed by atoms with Crippen molar-refractivity contribution in [2.45, 2.75) is 45.8 Å². The highest BCUT2D eigenvalue weighted by atomic mass is 32.3. The third kappa shape index (κ3) is 3.93. The van der Waals surface area contributed by atoms with Crippen molar-refractivity contribution in [3.8, 4) is 0 Å². The molecule has 0 spiro atoms. The Balaban J connectivity index is 4.46. The molecule has 0 fully saturated rings. The normalized spacial score (nSPS) is 18.3. The van der Waals surface area contributed by atoms with E-state index < -0.39 is 9.16 Å².